The van der Waals surface area contributed by atoms with E-state index in [9.17, 15) is 8.42 Å². The van der Waals surface area contributed by atoms with Crippen molar-refractivity contribution in [3.05, 3.63) is 29.3 Å². The maximum atomic E-state index is 12.1. The number of hydrogen-bond acceptors (Lipinski definition) is 3. The van der Waals surface area contributed by atoms with Crippen LogP contribution >= 0.6 is 23.4 Å². The highest BCUT2D eigenvalue weighted by Gasteiger charge is 2.30. The zero-order chi connectivity index (χ0) is 10.9. The van der Waals surface area contributed by atoms with E-state index in [2.05, 4.69) is 0 Å². The first-order valence-electron chi connectivity index (χ1n) is 4.68. The summed E-state index contributed by atoms with van der Waals surface area (Å²) in [6.07, 6.45) is 0.760. The molecule has 0 aromatic heterocycles. The molecule has 1 saturated heterocycles. The zero-order valence-corrected chi connectivity index (χ0v) is 10.4. The summed E-state index contributed by atoms with van der Waals surface area (Å²) in [5.41, 5.74) is 0. The molecule has 0 unspecified atom stereocenters. The molecular weight excluding hydrogens is 252 g/mol. The van der Waals surface area contributed by atoms with Gasteiger partial charge in [0, 0.05) is 10.8 Å². The highest BCUT2D eigenvalue weighted by atomic mass is 35.5. The van der Waals surface area contributed by atoms with Gasteiger partial charge >= 0.3 is 0 Å². The number of benzene rings is 1. The molecule has 0 N–H and O–H groups in total. The Morgan fingerprint density at radius 2 is 1.93 bits per heavy atom. The molecular formula is C10H11ClO2S2. The van der Waals surface area contributed by atoms with Crippen LogP contribution in [-0.4, -0.2) is 25.2 Å². The van der Waals surface area contributed by atoms with Crippen molar-refractivity contribution in [2.45, 2.75) is 16.6 Å². The Morgan fingerprint density at radius 3 is 2.47 bits per heavy atom. The molecule has 1 aliphatic heterocycles. The van der Waals surface area contributed by atoms with E-state index in [0.29, 0.717) is 15.7 Å². The second-order valence-corrected chi connectivity index (χ2v) is 7.30. The second kappa shape index (κ2) is 4.36. The molecule has 1 aliphatic rings. The fourth-order valence-electron chi connectivity index (χ4n) is 1.57. The summed E-state index contributed by atoms with van der Waals surface area (Å²) in [6, 6.07) is 6.41. The SMILES string of the molecule is O=S(=O)(c1ccc(Cl)cc1)[C@@H]1CCSC1. The first-order chi connectivity index (χ1) is 7.10. The molecule has 0 radical (unpaired) electrons. The van der Waals surface area contributed by atoms with Gasteiger partial charge in [-0.15, -0.1) is 0 Å². The largest absolute Gasteiger partial charge is 0.223 e. The molecule has 1 fully saturated rings. The summed E-state index contributed by atoms with van der Waals surface area (Å²) in [7, 11) is -3.13. The van der Waals surface area contributed by atoms with Gasteiger partial charge in [0.2, 0.25) is 0 Å². The average molecular weight is 263 g/mol. The second-order valence-electron chi connectivity index (χ2n) is 3.48. The molecule has 0 bridgehead atoms. The van der Waals surface area contributed by atoms with Gasteiger partial charge in [-0.3, -0.25) is 0 Å². The third kappa shape index (κ3) is 2.32. The Kier molecular flexibility index (Phi) is 3.28. The molecule has 1 atom stereocenters. The van der Waals surface area contributed by atoms with E-state index in [-0.39, 0.29) is 5.25 Å². The highest BCUT2D eigenvalue weighted by Crippen LogP contribution is 2.28. The smallest absolute Gasteiger partial charge is 0.182 e. The van der Waals surface area contributed by atoms with E-state index >= 15 is 0 Å². The molecule has 5 heteroatoms. The van der Waals surface area contributed by atoms with Gasteiger partial charge in [-0.1, -0.05) is 11.6 Å². The van der Waals surface area contributed by atoms with Gasteiger partial charge < -0.3 is 0 Å². The summed E-state index contributed by atoms with van der Waals surface area (Å²) in [5.74, 6) is 1.66. The maximum absolute atomic E-state index is 12.1. The minimum absolute atomic E-state index is 0.219. The quantitative estimate of drug-likeness (QED) is 0.822. The molecule has 1 aromatic rings. The molecule has 82 valence electrons. The lowest BCUT2D eigenvalue weighted by atomic mass is 10.4. The van der Waals surface area contributed by atoms with Gasteiger partial charge in [0.15, 0.2) is 9.84 Å². The van der Waals surface area contributed by atoms with Gasteiger partial charge in [0.05, 0.1) is 10.1 Å². The number of halogens is 1. The predicted molar refractivity (Wildman–Crippen MR) is 64.4 cm³/mol. The van der Waals surface area contributed by atoms with Crippen molar-refractivity contribution in [3.63, 3.8) is 0 Å². The molecule has 0 saturated carbocycles. The summed E-state index contributed by atoms with van der Waals surface area (Å²) >= 11 is 7.42. The third-order valence-corrected chi connectivity index (χ3v) is 6.30. The van der Waals surface area contributed by atoms with Crippen LogP contribution in [0.4, 0.5) is 0 Å². The van der Waals surface area contributed by atoms with E-state index in [1.165, 1.54) is 0 Å². The average Bonchev–Trinajstić information content (AvgIpc) is 2.71. The Hall–Kier alpha value is -0.190. The van der Waals surface area contributed by atoms with Crippen LogP contribution in [0.2, 0.25) is 5.02 Å². The zero-order valence-electron chi connectivity index (χ0n) is 8.02. The summed E-state index contributed by atoms with van der Waals surface area (Å²) in [6.45, 7) is 0. The van der Waals surface area contributed by atoms with Gasteiger partial charge in [-0.2, -0.15) is 11.8 Å². The van der Waals surface area contributed by atoms with Crippen LogP contribution in [0.25, 0.3) is 0 Å². The van der Waals surface area contributed by atoms with Gasteiger partial charge in [0.25, 0.3) is 0 Å². The third-order valence-electron chi connectivity index (χ3n) is 2.47. The van der Waals surface area contributed by atoms with Crippen molar-refractivity contribution in [1.29, 1.82) is 0 Å². The fourth-order valence-corrected chi connectivity index (χ4v) is 5.23. The van der Waals surface area contributed by atoms with Crippen molar-refractivity contribution in [3.8, 4) is 0 Å². The van der Waals surface area contributed by atoms with Crippen molar-refractivity contribution in [2.24, 2.45) is 0 Å². The first-order valence-corrected chi connectivity index (χ1v) is 7.76. The number of hydrogen-bond donors (Lipinski definition) is 0. The summed E-state index contributed by atoms with van der Waals surface area (Å²) in [5, 5.41) is 0.346. The maximum Gasteiger partial charge on any atom is 0.182 e. The normalized spacial score (nSPS) is 21.8. The molecule has 1 aromatic carbocycles. The Balaban J connectivity index is 2.32. The van der Waals surface area contributed by atoms with Crippen LogP contribution in [0, 0.1) is 0 Å². The highest BCUT2D eigenvalue weighted by molar-refractivity contribution is 8.01. The lowest BCUT2D eigenvalue weighted by Gasteiger charge is -2.10. The van der Waals surface area contributed by atoms with Gasteiger partial charge in [-0.25, -0.2) is 8.42 Å². The Labute approximate surface area is 98.9 Å². The fraction of sp³-hybridized carbons (Fsp3) is 0.400. The van der Waals surface area contributed by atoms with Crippen LogP contribution in [0.15, 0.2) is 29.2 Å². The van der Waals surface area contributed by atoms with E-state index in [1.54, 1.807) is 36.0 Å². The number of sulfone groups is 1. The first kappa shape index (κ1) is 11.3. The standard InChI is InChI=1S/C10H11ClO2S2/c11-8-1-3-9(4-2-8)15(12,13)10-5-6-14-7-10/h1-4,10H,5-7H2/t10-/m1/s1. The van der Waals surface area contributed by atoms with E-state index in [0.717, 1.165) is 12.2 Å². The van der Waals surface area contributed by atoms with E-state index in [4.69, 9.17) is 11.6 Å². The molecule has 0 spiro atoms. The monoisotopic (exact) mass is 262 g/mol. The van der Waals surface area contributed by atoms with Crippen molar-refractivity contribution in [1.82, 2.24) is 0 Å². The van der Waals surface area contributed by atoms with Crippen LogP contribution in [-0.2, 0) is 9.84 Å². The molecule has 0 aliphatic carbocycles. The Bertz CT molecular complexity index is 433. The lowest BCUT2D eigenvalue weighted by molar-refractivity contribution is 0.584. The topological polar surface area (TPSA) is 34.1 Å². The molecule has 2 rings (SSSR count). The minimum atomic E-state index is -3.13. The lowest BCUT2D eigenvalue weighted by Crippen LogP contribution is -2.20. The van der Waals surface area contributed by atoms with Gasteiger partial charge in [0.1, 0.15) is 0 Å². The van der Waals surface area contributed by atoms with Crippen molar-refractivity contribution in [2.75, 3.05) is 11.5 Å². The molecule has 15 heavy (non-hydrogen) atoms. The van der Waals surface area contributed by atoms with Crippen molar-refractivity contribution >= 4 is 33.2 Å². The van der Waals surface area contributed by atoms with Gasteiger partial charge in [-0.05, 0) is 36.4 Å². The molecule has 0 amide bonds. The van der Waals surface area contributed by atoms with E-state index in [1.807, 2.05) is 0 Å². The van der Waals surface area contributed by atoms with Crippen LogP contribution in [0.3, 0.4) is 0 Å². The predicted octanol–water partition coefficient (Wildman–Crippen LogP) is 2.62. The number of rotatable bonds is 2. The van der Waals surface area contributed by atoms with Crippen LogP contribution < -0.4 is 0 Å². The summed E-state index contributed by atoms with van der Waals surface area (Å²) in [4.78, 5) is 0.388. The number of thioether (sulfide) groups is 1. The van der Waals surface area contributed by atoms with Crippen LogP contribution in [0.1, 0.15) is 6.42 Å². The molecule has 1 heterocycles. The Morgan fingerprint density at radius 1 is 1.27 bits per heavy atom. The van der Waals surface area contributed by atoms with E-state index < -0.39 is 9.84 Å². The van der Waals surface area contributed by atoms with Crippen molar-refractivity contribution < 1.29 is 8.42 Å². The minimum Gasteiger partial charge on any atom is -0.223 e. The molecule has 2 nitrogen and oxygen atoms in total. The summed E-state index contributed by atoms with van der Waals surface area (Å²) < 4.78 is 24.2. The van der Waals surface area contributed by atoms with Crippen LogP contribution in [0.5, 0.6) is 0 Å².